The topological polar surface area (TPSA) is 43.1 Å². The highest BCUT2D eigenvalue weighted by Crippen LogP contribution is 2.14. The molecule has 1 unspecified atom stereocenters. The first-order chi connectivity index (χ1) is 5.59. The largest absolute Gasteiger partial charge is 0.398 e. The molecule has 0 aliphatic heterocycles. The van der Waals surface area contributed by atoms with Gasteiger partial charge in [-0.2, -0.15) is 0 Å². The van der Waals surface area contributed by atoms with Gasteiger partial charge in [-0.1, -0.05) is 0 Å². The van der Waals surface area contributed by atoms with Gasteiger partial charge in [-0.25, -0.2) is 4.39 Å². The van der Waals surface area contributed by atoms with Crippen LogP contribution in [0.15, 0.2) is 18.2 Å². The number of halogens is 1. The van der Waals surface area contributed by atoms with Gasteiger partial charge in [0, 0.05) is 22.7 Å². The van der Waals surface area contributed by atoms with Crippen molar-refractivity contribution in [2.75, 3.05) is 12.0 Å². The van der Waals surface area contributed by atoms with E-state index in [-0.39, 0.29) is 5.82 Å². The van der Waals surface area contributed by atoms with Crippen LogP contribution in [0.1, 0.15) is 5.56 Å². The lowest BCUT2D eigenvalue weighted by atomic mass is 10.2. The van der Waals surface area contributed by atoms with Crippen molar-refractivity contribution in [2.45, 2.75) is 5.75 Å². The number of nitrogen functional groups attached to an aromatic ring is 1. The van der Waals surface area contributed by atoms with Gasteiger partial charge in [-0.3, -0.25) is 4.21 Å². The highest BCUT2D eigenvalue weighted by atomic mass is 32.2. The van der Waals surface area contributed by atoms with Crippen LogP contribution in [0, 0.1) is 5.82 Å². The summed E-state index contributed by atoms with van der Waals surface area (Å²) in [4.78, 5) is 0. The van der Waals surface area contributed by atoms with Crippen LogP contribution in [0.3, 0.4) is 0 Å². The van der Waals surface area contributed by atoms with Crippen molar-refractivity contribution in [1.82, 2.24) is 0 Å². The van der Waals surface area contributed by atoms with Crippen LogP contribution in [0.4, 0.5) is 10.1 Å². The summed E-state index contributed by atoms with van der Waals surface area (Å²) in [5.74, 6) is -0.0338. The first-order valence-electron chi connectivity index (χ1n) is 3.43. The SMILES string of the molecule is CS(=O)Cc1cc(F)ccc1N. The maximum Gasteiger partial charge on any atom is 0.123 e. The zero-order chi connectivity index (χ0) is 9.14. The zero-order valence-corrected chi connectivity index (χ0v) is 7.53. The fraction of sp³-hybridized carbons (Fsp3) is 0.250. The van der Waals surface area contributed by atoms with Gasteiger partial charge in [0.1, 0.15) is 5.82 Å². The zero-order valence-electron chi connectivity index (χ0n) is 6.71. The molecule has 12 heavy (non-hydrogen) atoms. The van der Waals surface area contributed by atoms with Crippen LogP contribution in [-0.4, -0.2) is 10.5 Å². The second-order valence-corrected chi connectivity index (χ2v) is 4.00. The Morgan fingerprint density at radius 2 is 2.25 bits per heavy atom. The molecule has 66 valence electrons. The molecule has 0 saturated carbocycles. The summed E-state index contributed by atoms with van der Waals surface area (Å²) < 4.78 is 23.5. The van der Waals surface area contributed by atoms with Gasteiger partial charge < -0.3 is 5.73 Å². The molecular formula is C8H10FNOS. The third-order valence-corrected chi connectivity index (χ3v) is 2.18. The van der Waals surface area contributed by atoms with E-state index in [0.717, 1.165) is 0 Å². The minimum absolute atomic E-state index is 0.309. The number of anilines is 1. The van der Waals surface area contributed by atoms with E-state index in [1.54, 1.807) is 6.26 Å². The van der Waals surface area contributed by atoms with Gasteiger partial charge in [-0.05, 0) is 23.8 Å². The number of benzene rings is 1. The third-order valence-electron chi connectivity index (χ3n) is 1.46. The van der Waals surface area contributed by atoms with Crippen molar-refractivity contribution < 1.29 is 8.60 Å². The molecule has 1 atom stereocenters. The summed E-state index contributed by atoms with van der Waals surface area (Å²) in [6.07, 6.45) is 1.56. The summed E-state index contributed by atoms with van der Waals surface area (Å²) in [6, 6.07) is 4.09. The molecule has 0 fully saturated rings. The molecule has 1 aromatic rings. The van der Waals surface area contributed by atoms with Crippen LogP contribution in [0.2, 0.25) is 0 Å². The Labute approximate surface area is 73.0 Å². The minimum atomic E-state index is -0.982. The van der Waals surface area contributed by atoms with Gasteiger partial charge in [0.25, 0.3) is 0 Å². The van der Waals surface area contributed by atoms with E-state index < -0.39 is 10.8 Å². The normalized spacial score (nSPS) is 12.8. The second-order valence-electron chi connectivity index (χ2n) is 2.56. The molecule has 0 bridgehead atoms. The summed E-state index contributed by atoms with van der Waals surface area (Å²) >= 11 is 0. The Kier molecular flexibility index (Phi) is 2.81. The molecule has 0 heterocycles. The molecule has 1 aromatic carbocycles. The Hall–Kier alpha value is -0.900. The quantitative estimate of drug-likeness (QED) is 0.709. The van der Waals surface area contributed by atoms with Crippen molar-refractivity contribution in [3.63, 3.8) is 0 Å². The predicted molar refractivity (Wildman–Crippen MR) is 48.6 cm³/mol. The maximum absolute atomic E-state index is 12.6. The molecule has 1 rings (SSSR count). The maximum atomic E-state index is 12.6. The molecule has 2 nitrogen and oxygen atoms in total. The summed E-state index contributed by atoms with van der Waals surface area (Å²) in [6.45, 7) is 0. The lowest BCUT2D eigenvalue weighted by Gasteiger charge is -2.02. The summed E-state index contributed by atoms with van der Waals surface area (Å²) in [7, 11) is -0.982. The first-order valence-corrected chi connectivity index (χ1v) is 5.16. The Balaban J connectivity index is 2.97. The van der Waals surface area contributed by atoms with Crippen molar-refractivity contribution in [3.05, 3.63) is 29.6 Å². The van der Waals surface area contributed by atoms with Gasteiger partial charge >= 0.3 is 0 Å². The molecule has 0 aliphatic carbocycles. The highest BCUT2D eigenvalue weighted by Gasteiger charge is 2.02. The second kappa shape index (κ2) is 3.67. The summed E-state index contributed by atoms with van der Waals surface area (Å²) in [5, 5.41) is 0. The fourth-order valence-electron chi connectivity index (χ4n) is 0.918. The molecular weight excluding hydrogens is 177 g/mol. The molecule has 0 saturated heterocycles. The van der Waals surface area contributed by atoms with Crippen LogP contribution >= 0.6 is 0 Å². The lowest BCUT2D eigenvalue weighted by Crippen LogP contribution is -1.98. The highest BCUT2D eigenvalue weighted by molar-refractivity contribution is 7.83. The van der Waals surface area contributed by atoms with E-state index in [1.165, 1.54) is 18.2 Å². The van der Waals surface area contributed by atoms with Gasteiger partial charge in [0.05, 0.1) is 5.75 Å². The molecule has 0 aliphatic rings. The fourth-order valence-corrected chi connectivity index (χ4v) is 1.61. The van der Waals surface area contributed by atoms with E-state index in [4.69, 9.17) is 5.73 Å². The number of hydrogen-bond donors (Lipinski definition) is 1. The molecule has 4 heteroatoms. The van der Waals surface area contributed by atoms with E-state index in [2.05, 4.69) is 0 Å². The number of hydrogen-bond acceptors (Lipinski definition) is 2. The van der Waals surface area contributed by atoms with Gasteiger partial charge in [-0.15, -0.1) is 0 Å². The van der Waals surface area contributed by atoms with Gasteiger partial charge in [0.2, 0.25) is 0 Å². The molecule has 2 N–H and O–H groups in total. The predicted octanol–water partition coefficient (Wildman–Crippen LogP) is 1.29. The van der Waals surface area contributed by atoms with Crippen LogP contribution in [0.5, 0.6) is 0 Å². The first kappa shape index (κ1) is 9.19. The Bertz CT molecular complexity index is 314. The van der Waals surface area contributed by atoms with Crippen LogP contribution in [0.25, 0.3) is 0 Å². The standard InChI is InChI=1S/C8H10FNOS/c1-12(11)5-6-4-7(9)2-3-8(6)10/h2-4H,5,10H2,1H3. The van der Waals surface area contributed by atoms with Crippen molar-refractivity contribution in [1.29, 1.82) is 0 Å². The Morgan fingerprint density at radius 3 is 2.83 bits per heavy atom. The summed E-state index contributed by atoms with van der Waals surface area (Å²) in [5.41, 5.74) is 6.64. The van der Waals surface area contributed by atoms with Crippen molar-refractivity contribution in [3.8, 4) is 0 Å². The molecule has 0 aromatic heterocycles. The number of rotatable bonds is 2. The van der Waals surface area contributed by atoms with Crippen molar-refractivity contribution >= 4 is 16.5 Å². The van der Waals surface area contributed by atoms with Crippen LogP contribution < -0.4 is 5.73 Å². The third kappa shape index (κ3) is 2.30. The van der Waals surface area contributed by atoms with E-state index >= 15 is 0 Å². The van der Waals surface area contributed by atoms with E-state index in [9.17, 15) is 8.60 Å². The molecule has 0 spiro atoms. The lowest BCUT2D eigenvalue weighted by molar-refractivity contribution is 0.626. The molecule has 0 amide bonds. The molecule has 0 radical (unpaired) electrons. The van der Waals surface area contributed by atoms with Crippen LogP contribution in [-0.2, 0) is 16.6 Å². The smallest absolute Gasteiger partial charge is 0.123 e. The monoisotopic (exact) mass is 187 g/mol. The minimum Gasteiger partial charge on any atom is -0.398 e. The van der Waals surface area contributed by atoms with Gasteiger partial charge in [0.15, 0.2) is 0 Å². The average Bonchev–Trinajstić information content (AvgIpc) is 1.96. The Morgan fingerprint density at radius 1 is 1.58 bits per heavy atom. The number of nitrogens with two attached hydrogens (primary N) is 1. The van der Waals surface area contributed by atoms with E-state index in [1.807, 2.05) is 0 Å². The van der Waals surface area contributed by atoms with Crippen molar-refractivity contribution in [2.24, 2.45) is 0 Å². The van der Waals surface area contributed by atoms with E-state index in [0.29, 0.717) is 17.0 Å². The average molecular weight is 187 g/mol.